The van der Waals surface area contributed by atoms with Crippen molar-refractivity contribution in [3.05, 3.63) is 0 Å². The first kappa shape index (κ1) is 21.7. The summed E-state index contributed by atoms with van der Waals surface area (Å²) in [5.74, 6) is 1.18. The molecule has 8 heteroatoms. The molecule has 0 bridgehead atoms. The molecule has 1 spiro atoms. The van der Waals surface area contributed by atoms with E-state index in [4.69, 9.17) is 4.74 Å². The van der Waals surface area contributed by atoms with E-state index in [-0.39, 0.29) is 35.3 Å². The molecule has 3 saturated heterocycles. The Labute approximate surface area is 174 Å². The van der Waals surface area contributed by atoms with Crippen LogP contribution in [0.2, 0.25) is 0 Å². The number of nitrogens with one attached hydrogen (secondary N) is 2. The van der Waals surface area contributed by atoms with Crippen LogP contribution in [-0.2, 0) is 9.53 Å². The fourth-order valence-corrected chi connectivity index (χ4v) is 4.60. The highest BCUT2D eigenvalue weighted by Crippen LogP contribution is 2.36. The molecule has 2 atom stereocenters. The van der Waals surface area contributed by atoms with Crippen molar-refractivity contribution in [1.29, 1.82) is 0 Å². The van der Waals surface area contributed by atoms with Crippen LogP contribution in [0.25, 0.3) is 0 Å². The lowest BCUT2D eigenvalue weighted by Crippen LogP contribution is -2.53. The Balaban J connectivity index is 0.00000243. The average molecular weight is 479 g/mol. The minimum atomic E-state index is 0. The van der Waals surface area contributed by atoms with Gasteiger partial charge in [0.15, 0.2) is 5.96 Å². The lowest BCUT2D eigenvalue weighted by atomic mass is 9.79. The van der Waals surface area contributed by atoms with Gasteiger partial charge >= 0.3 is 0 Å². The molecule has 3 aliphatic rings. The van der Waals surface area contributed by atoms with E-state index in [9.17, 15) is 4.79 Å². The number of ether oxygens (including phenoxy) is 1. The van der Waals surface area contributed by atoms with E-state index in [2.05, 4.69) is 25.4 Å². The SMILES string of the molecule is CN=C(NCC1CCCN1CCOC)N1CCCC2(CNC(=O)C2)C1.I. The van der Waals surface area contributed by atoms with Gasteiger partial charge in [-0.05, 0) is 32.2 Å². The number of aliphatic imine (C=N–C) groups is 1. The zero-order valence-electron chi connectivity index (χ0n) is 16.1. The van der Waals surface area contributed by atoms with Crippen LogP contribution in [0.3, 0.4) is 0 Å². The van der Waals surface area contributed by atoms with E-state index < -0.39 is 0 Å². The standard InChI is InChI=1S/C18H33N5O2.HI/c1-19-17(20-12-15-5-3-7-22(15)9-10-25-2)23-8-4-6-18(14-23)11-16(24)21-13-18;/h15H,3-14H2,1-2H3,(H,19,20)(H,21,24);1H. The third-order valence-electron chi connectivity index (χ3n) is 5.95. The Bertz CT molecular complexity index is 504. The molecule has 0 aliphatic carbocycles. The van der Waals surface area contributed by atoms with E-state index in [0.717, 1.165) is 64.7 Å². The first-order chi connectivity index (χ1) is 12.2. The number of carbonyl (C=O) groups is 1. The largest absolute Gasteiger partial charge is 0.383 e. The molecule has 150 valence electrons. The second-order valence-electron chi connectivity index (χ2n) is 7.73. The molecular weight excluding hydrogens is 445 g/mol. The van der Waals surface area contributed by atoms with Gasteiger partial charge in [-0.1, -0.05) is 0 Å². The summed E-state index contributed by atoms with van der Waals surface area (Å²) in [7, 11) is 3.62. The topological polar surface area (TPSA) is 69.2 Å². The molecule has 2 unspecified atom stereocenters. The highest BCUT2D eigenvalue weighted by atomic mass is 127. The summed E-state index contributed by atoms with van der Waals surface area (Å²) in [5.41, 5.74) is 0.102. The monoisotopic (exact) mass is 479 g/mol. The number of hydrogen-bond donors (Lipinski definition) is 2. The van der Waals surface area contributed by atoms with Crippen molar-refractivity contribution >= 4 is 35.8 Å². The van der Waals surface area contributed by atoms with Gasteiger partial charge in [-0.2, -0.15) is 0 Å². The molecule has 3 fully saturated rings. The maximum atomic E-state index is 11.7. The molecule has 0 radical (unpaired) electrons. The van der Waals surface area contributed by atoms with Gasteiger partial charge in [-0.3, -0.25) is 14.7 Å². The lowest BCUT2D eigenvalue weighted by Gasteiger charge is -2.41. The maximum Gasteiger partial charge on any atom is 0.220 e. The summed E-state index contributed by atoms with van der Waals surface area (Å²) in [4.78, 5) is 21.1. The number of hydrogen-bond acceptors (Lipinski definition) is 4. The predicted molar refractivity (Wildman–Crippen MR) is 114 cm³/mol. The van der Waals surface area contributed by atoms with Gasteiger partial charge in [0.2, 0.25) is 5.91 Å². The van der Waals surface area contributed by atoms with Crippen molar-refractivity contribution in [2.24, 2.45) is 10.4 Å². The van der Waals surface area contributed by atoms with Crippen LogP contribution in [0, 0.1) is 5.41 Å². The van der Waals surface area contributed by atoms with Crippen molar-refractivity contribution in [2.45, 2.75) is 38.1 Å². The summed E-state index contributed by atoms with van der Waals surface area (Å²) in [6, 6.07) is 0.556. The molecule has 0 aromatic heterocycles. The zero-order chi connectivity index (χ0) is 17.7. The summed E-state index contributed by atoms with van der Waals surface area (Å²) in [5, 5.41) is 6.61. The van der Waals surface area contributed by atoms with Gasteiger partial charge in [0.05, 0.1) is 6.61 Å². The number of rotatable bonds is 5. The van der Waals surface area contributed by atoms with E-state index in [1.807, 2.05) is 7.05 Å². The van der Waals surface area contributed by atoms with Gasteiger partial charge in [-0.25, -0.2) is 0 Å². The van der Waals surface area contributed by atoms with Crippen LogP contribution in [-0.4, -0.2) is 87.7 Å². The first-order valence-electron chi connectivity index (χ1n) is 9.61. The Morgan fingerprint density at radius 2 is 2.27 bits per heavy atom. The number of halogens is 1. The quantitative estimate of drug-likeness (QED) is 0.349. The predicted octanol–water partition coefficient (Wildman–Crippen LogP) is 0.893. The Hall–Kier alpha value is -0.610. The van der Waals surface area contributed by atoms with E-state index >= 15 is 0 Å². The number of likely N-dealkylation sites (tertiary alicyclic amines) is 2. The van der Waals surface area contributed by atoms with Crippen molar-refractivity contribution in [2.75, 3.05) is 60.0 Å². The molecule has 3 rings (SSSR count). The van der Waals surface area contributed by atoms with Gasteiger partial charge < -0.3 is 20.3 Å². The number of guanidine groups is 1. The van der Waals surface area contributed by atoms with Crippen molar-refractivity contribution < 1.29 is 9.53 Å². The third-order valence-corrected chi connectivity index (χ3v) is 5.95. The molecule has 0 saturated carbocycles. The number of nitrogens with zero attached hydrogens (tertiary/aromatic N) is 3. The number of amides is 1. The molecule has 26 heavy (non-hydrogen) atoms. The van der Waals surface area contributed by atoms with Gasteiger partial charge in [0.1, 0.15) is 0 Å². The normalized spacial score (nSPS) is 29.8. The number of piperidine rings is 1. The summed E-state index contributed by atoms with van der Waals surface area (Å²) in [6.07, 6.45) is 5.41. The second kappa shape index (κ2) is 10.1. The molecule has 2 N–H and O–H groups in total. The van der Waals surface area contributed by atoms with Crippen molar-refractivity contribution in [3.63, 3.8) is 0 Å². The zero-order valence-corrected chi connectivity index (χ0v) is 18.5. The average Bonchev–Trinajstić information content (AvgIpc) is 3.20. The molecule has 1 amide bonds. The summed E-state index contributed by atoms with van der Waals surface area (Å²) < 4.78 is 5.23. The van der Waals surface area contributed by atoms with Crippen LogP contribution >= 0.6 is 24.0 Å². The fourth-order valence-electron chi connectivity index (χ4n) is 4.60. The van der Waals surface area contributed by atoms with Crippen LogP contribution in [0.4, 0.5) is 0 Å². The third kappa shape index (κ3) is 5.22. The van der Waals surface area contributed by atoms with Crippen LogP contribution < -0.4 is 10.6 Å². The van der Waals surface area contributed by atoms with Crippen molar-refractivity contribution in [3.8, 4) is 0 Å². The maximum absolute atomic E-state index is 11.7. The number of carbonyl (C=O) groups excluding carboxylic acids is 1. The van der Waals surface area contributed by atoms with Gasteiger partial charge in [0, 0.05) is 64.8 Å². The van der Waals surface area contributed by atoms with E-state index in [1.165, 1.54) is 12.8 Å². The lowest BCUT2D eigenvalue weighted by molar-refractivity contribution is -0.119. The fraction of sp³-hybridized carbons (Fsp3) is 0.889. The molecule has 7 nitrogen and oxygen atoms in total. The second-order valence-corrected chi connectivity index (χ2v) is 7.73. The Kier molecular flexibility index (Phi) is 8.41. The van der Waals surface area contributed by atoms with E-state index in [1.54, 1.807) is 7.11 Å². The highest BCUT2D eigenvalue weighted by molar-refractivity contribution is 14.0. The summed E-state index contributed by atoms with van der Waals surface area (Å²) in [6.45, 7) is 6.64. The van der Waals surface area contributed by atoms with Gasteiger partial charge in [-0.15, -0.1) is 24.0 Å². The van der Waals surface area contributed by atoms with Crippen LogP contribution in [0.15, 0.2) is 4.99 Å². The molecule has 0 aromatic rings. The minimum absolute atomic E-state index is 0. The van der Waals surface area contributed by atoms with E-state index in [0.29, 0.717) is 12.5 Å². The van der Waals surface area contributed by atoms with Crippen LogP contribution in [0.5, 0.6) is 0 Å². The summed E-state index contributed by atoms with van der Waals surface area (Å²) >= 11 is 0. The van der Waals surface area contributed by atoms with Crippen molar-refractivity contribution in [1.82, 2.24) is 20.4 Å². The Morgan fingerprint density at radius 1 is 1.42 bits per heavy atom. The number of methoxy groups -OCH3 is 1. The van der Waals surface area contributed by atoms with Gasteiger partial charge in [0.25, 0.3) is 0 Å². The minimum Gasteiger partial charge on any atom is -0.383 e. The Morgan fingerprint density at radius 3 is 2.96 bits per heavy atom. The van der Waals surface area contributed by atoms with Crippen LogP contribution in [0.1, 0.15) is 32.1 Å². The molecular formula is C18H34IN5O2. The molecule has 3 heterocycles. The first-order valence-corrected chi connectivity index (χ1v) is 9.61. The molecule has 3 aliphatic heterocycles. The molecule has 0 aromatic carbocycles. The highest BCUT2D eigenvalue weighted by Gasteiger charge is 2.42. The smallest absolute Gasteiger partial charge is 0.220 e.